The van der Waals surface area contributed by atoms with Gasteiger partial charge in [0, 0.05) is 12.5 Å². The van der Waals surface area contributed by atoms with E-state index in [-0.39, 0.29) is 18.0 Å². The van der Waals surface area contributed by atoms with Gasteiger partial charge in [0.15, 0.2) is 0 Å². The van der Waals surface area contributed by atoms with Gasteiger partial charge < -0.3 is 11.1 Å². The van der Waals surface area contributed by atoms with Crippen molar-refractivity contribution in [3.8, 4) is 0 Å². The molecular weight excluding hydrogens is 248 g/mol. The number of carbonyl (C=O) groups is 1. The number of hydrogen-bond acceptors (Lipinski definition) is 2. The molecule has 20 heavy (non-hydrogen) atoms. The lowest BCUT2D eigenvalue weighted by Gasteiger charge is -2.27. The summed E-state index contributed by atoms with van der Waals surface area (Å²) in [6.07, 6.45) is 7.30. The van der Waals surface area contributed by atoms with Gasteiger partial charge in [-0.3, -0.25) is 4.79 Å². The minimum atomic E-state index is 0.175. The minimum Gasteiger partial charge on any atom is -0.349 e. The largest absolute Gasteiger partial charge is 0.349 e. The van der Waals surface area contributed by atoms with E-state index in [9.17, 15) is 4.79 Å². The van der Waals surface area contributed by atoms with Crippen LogP contribution in [0.15, 0.2) is 24.3 Å². The van der Waals surface area contributed by atoms with E-state index in [1.165, 1.54) is 17.5 Å². The lowest BCUT2D eigenvalue weighted by Crippen LogP contribution is -2.34. The van der Waals surface area contributed by atoms with Crippen LogP contribution in [0.1, 0.15) is 55.7 Å². The SMILES string of the molecule is N[C@@H]1CCC[C@H]1CC(=O)NC1CCCc2ccccc21. The number of aryl methyl sites for hydroxylation is 1. The maximum atomic E-state index is 12.3. The molecule has 0 aromatic heterocycles. The molecule has 1 aromatic carbocycles. The summed E-state index contributed by atoms with van der Waals surface area (Å²) in [4.78, 5) is 12.3. The number of carbonyl (C=O) groups excluding carboxylic acids is 1. The molecule has 3 N–H and O–H groups in total. The normalized spacial score (nSPS) is 28.9. The molecule has 0 bridgehead atoms. The first-order chi connectivity index (χ1) is 9.74. The van der Waals surface area contributed by atoms with Gasteiger partial charge in [-0.2, -0.15) is 0 Å². The van der Waals surface area contributed by atoms with Crippen molar-refractivity contribution in [2.45, 2.75) is 57.0 Å². The Balaban J connectivity index is 1.62. The predicted octanol–water partition coefficient (Wildman–Crippen LogP) is 2.70. The highest BCUT2D eigenvalue weighted by Gasteiger charge is 2.28. The van der Waals surface area contributed by atoms with Crippen molar-refractivity contribution in [3.63, 3.8) is 0 Å². The maximum absolute atomic E-state index is 12.3. The van der Waals surface area contributed by atoms with E-state index in [2.05, 4.69) is 29.6 Å². The summed E-state index contributed by atoms with van der Waals surface area (Å²) in [5.41, 5.74) is 8.76. The monoisotopic (exact) mass is 272 g/mol. The predicted molar refractivity (Wildman–Crippen MR) is 80.2 cm³/mol. The van der Waals surface area contributed by atoms with Gasteiger partial charge in [0.05, 0.1) is 6.04 Å². The topological polar surface area (TPSA) is 55.1 Å². The number of benzene rings is 1. The molecule has 0 heterocycles. The van der Waals surface area contributed by atoms with Crippen LogP contribution in [0, 0.1) is 5.92 Å². The maximum Gasteiger partial charge on any atom is 0.220 e. The summed E-state index contributed by atoms with van der Waals surface area (Å²) < 4.78 is 0. The quantitative estimate of drug-likeness (QED) is 0.889. The molecular formula is C17H24N2O. The highest BCUT2D eigenvalue weighted by Crippen LogP contribution is 2.31. The van der Waals surface area contributed by atoms with E-state index < -0.39 is 0 Å². The van der Waals surface area contributed by atoms with Gasteiger partial charge in [0.25, 0.3) is 0 Å². The average Bonchev–Trinajstić information content (AvgIpc) is 2.85. The van der Waals surface area contributed by atoms with Crippen molar-refractivity contribution >= 4 is 5.91 Å². The molecule has 1 saturated carbocycles. The van der Waals surface area contributed by atoms with Crippen LogP contribution in [0.3, 0.4) is 0 Å². The Morgan fingerprint density at radius 2 is 2.05 bits per heavy atom. The number of fused-ring (bicyclic) bond motifs is 1. The van der Waals surface area contributed by atoms with Gasteiger partial charge in [-0.25, -0.2) is 0 Å². The molecule has 0 radical (unpaired) electrons. The zero-order valence-corrected chi connectivity index (χ0v) is 12.0. The molecule has 3 atom stereocenters. The van der Waals surface area contributed by atoms with E-state index in [0.717, 1.165) is 32.1 Å². The Kier molecular flexibility index (Phi) is 4.06. The Labute approximate surface area is 120 Å². The molecule has 0 spiro atoms. The van der Waals surface area contributed by atoms with Crippen LogP contribution in [0.25, 0.3) is 0 Å². The number of rotatable bonds is 3. The van der Waals surface area contributed by atoms with Crippen molar-refractivity contribution in [1.82, 2.24) is 5.32 Å². The van der Waals surface area contributed by atoms with Crippen molar-refractivity contribution in [2.75, 3.05) is 0 Å². The average molecular weight is 272 g/mol. The Hall–Kier alpha value is -1.35. The summed E-state index contributed by atoms with van der Waals surface area (Å²) in [7, 11) is 0. The molecule has 2 aliphatic carbocycles. The Bertz CT molecular complexity index is 486. The van der Waals surface area contributed by atoms with Crippen molar-refractivity contribution in [2.24, 2.45) is 11.7 Å². The molecule has 3 nitrogen and oxygen atoms in total. The molecule has 108 valence electrons. The van der Waals surface area contributed by atoms with Crippen LogP contribution in [0.4, 0.5) is 0 Å². The summed E-state index contributed by atoms with van der Waals surface area (Å²) in [6.45, 7) is 0. The van der Waals surface area contributed by atoms with Crippen LogP contribution >= 0.6 is 0 Å². The van der Waals surface area contributed by atoms with E-state index in [1.807, 2.05) is 0 Å². The first-order valence-corrected chi connectivity index (χ1v) is 7.87. The zero-order valence-electron chi connectivity index (χ0n) is 12.0. The Morgan fingerprint density at radius 1 is 1.20 bits per heavy atom. The lowest BCUT2D eigenvalue weighted by atomic mass is 9.87. The molecule has 0 aliphatic heterocycles. The van der Waals surface area contributed by atoms with E-state index in [1.54, 1.807) is 0 Å². The summed E-state index contributed by atoms with van der Waals surface area (Å²) in [5.74, 6) is 0.558. The van der Waals surface area contributed by atoms with Crippen LogP contribution < -0.4 is 11.1 Å². The fourth-order valence-electron chi connectivity index (χ4n) is 3.71. The molecule has 3 rings (SSSR count). The van der Waals surface area contributed by atoms with E-state index in [4.69, 9.17) is 5.73 Å². The second-order valence-electron chi connectivity index (χ2n) is 6.27. The van der Waals surface area contributed by atoms with E-state index >= 15 is 0 Å². The molecule has 0 saturated heterocycles. The van der Waals surface area contributed by atoms with Gasteiger partial charge in [-0.15, -0.1) is 0 Å². The third kappa shape index (κ3) is 2.88. The number of hydrogen-bond donors (Lipinski definition) is 2. The van der Waals surface area contributed by atoms with E-state index in [0.29, 0.717) is 12.3 Å². The third-order valence-corrected chi connectivity index (χ3v) is 4.87. The summed E-state index contributed by atoms with van der Waals surface area (Å²) >= 11 is 0. The smallest absolute Gasteiger partial charge is 0.220 e. The second kappa shape index (κ2) is 5.96. The van der Waals surface area contributed by atoms with Gasteiger partial charge in [0.2, 0.25) is 5.91 Å². The van der Waals surface area contributed by atoms with Gasteiger partial charge in [-0.1, -0.05) is 30.7 Å². The van der Waals surface area contributed by atoms with Crippen LogP contribution in [0.2, 0.25) is 0 Å². The van der Waals surface area contributed by atoms with Gasteiger partial charge in [0.1, 0.15) is 0 Å². The van der Waals surface area contributed by atoms with Crippen LogP contribution in [-0.4, -0.2) is 11.9 Å². The van der Waals surface area contributed by atoms with Crippen LogP contribution in [-0.2, 0) is 11.2 Å². The highest BCUT2D eigenvalue weighted by molar-refractivity contribution is 5.77. The van der Waals surface area contributed by atoms with Crippen molar-refractivity contribution in [1.29, 1.82) is 0 Å². The first-order valence-electron chi connectivity index (χ1n) is 7.87. The minimum absolute atomic E-state index is 0.175. The second-order valence-corrected chi connectivity index (χ2v) is 6.27. The summed E-state index contributed by atoms with van der Waals surface area (Å²) in [6, 6.07) is 8.90. The lowest BCUT2D eigenvalue weighted by molar-refractivity contribution is -0.122. The van der Waals surface area contributed by atoms with Crippen molar-refractivity contribution < 1.29 is 4.79 Å². The number of amides is 1. The molecule has 1 unspecified atom stereocenters. The van der Waals surface area contributed by atoms with Crippen molar-refractivity contribution in [3.05, 3.63) is 35.4 Å². The molecule has 1 amide bonds. The fourth-order valence-corrected chi connectivity index (χ4v) is 3.71. The molecule has 2 aliphatic rings. The fraction of sp³-hybridized carbons (Fsp3) is 0.588. The Morgan fingerprint density at radius 3 is 2.85 bits per heavy atom. The molecule has 1 aromatic rings. The van der Waals surface area contributed by atoms with Gasteiger partial charge >= 0.3 is 0 Å². The zero-order chi connectivity index (χ0) is 13.9. The number of nitrogens with two attached hydrogens (primary N) is 1. The first kappa shape index (κ1) is 13.6. The number of nitrogens with one attached hydrogen (secondary N) is 1. The van der Waals surface area contributed by atoms with Gasteiger partial charge in [-0.05, 0) is 49.1 Å². The third-order valence-electron chi connectivity index (χ3n) is 4.87. The van der Waals surface area contributed by atoms with Crippen LogP contribution in [0.5, 0.6) is 0 Å². The summed E-state index contributed by atoms with van der Waals surface area (Å²) in [5, 5.41) is 3.23. The standard InChI is InChI=1S/C17H24N2O/c18-15-9-3-7-13(15)11-17(20)19-16-10-4-6-12-5-1-2-8-14(12)16/h1-2,5,8,13,15-16H,3-4,6-7,9-11,18H2,(H,19,20)/t13-,15+,16?/m0/s1. The molecule has 3 heteroatoms. The highest BCUT2D eigenvalue weighted by atomic mass is 16.1. The molecule has 1 fully saturated rings.